The van der Waals surface area contributed by atoms with E-state index in [-0.39, 0.29) is 12.0 Å². The Balaban J connectivity index is 2.53. The fraction of sp³-hybridized carbons (Fsp3) is 0.400. The summed E-state index contributed by atoms with van der Waals surface area (Å²) in [5.41, 5.74) is 0.721. The zero-order chi connectivity index (χ0) is 15.4. The first-order valence-corrected chi connectivity index (χ1v) is 7.23. The summed E-state index contributed by atoms with van der Waals surface area (Å²) in [5, 5.41) is 17.7. The van der Waals surface area contributed by atoms with Crippen molar-refractivity contribution in [1.82, 2.24) is 4.72 Å². The number of hydrogen-bond acceptors (Lipinski definition) is 4. The predicted octanol–water partition coefficient (Wildman–Crippen LogP) is -0.262. The SMILES string of the molecule is O=S(=O)(CCC(F)(F)F)NCc1ccc(B(O)O)cc1. The van der Waals surface area contributed by atoms with E-state index in [0.29, 0.717) is 5.56 Å². The van der Waals surface area contributed by atoms with E-state index in [1.54, 1.807) is 0 Å². The second-order valence-electron chi connectivity index (χ2n) is 4.12. The quantitative estimate of drug-likeness (QED) is 0.632. The lowest BCUT2D eigenvalue weighted by Crippen LogP contribution is -2.30. The van der Waals surface area contributed by atoms with Crippen LogP contribution in [0, 0.1) is 0 Å². The lowest BCUT2D eigenvalue weighted by atomic mass is 9.80. The molecule has 0 heterocycles. The van der Waals surface area contributed by atoms with Crippen LogP contribution in [0.3, 0.4) is 0 Å². The normalized spacial score (nSPS) is 12.4. The second kappa shape index (κ2) is 6.57. The van der Waals surface area contributed by atoms with Crippen molar-refractivity contribution in [1.29, 1.82) is 0 Å². The first-order valence-electron chi connectivity index (χ1n) is 5.58. The first kappa shape index (κ1) is 17.0. The highest BCUT2D eigenvalue weighted by Crippen LogP contribution is 2.19. The minimum atomic E-state index is -4.52. The average molecular weight is 311 g/mol. The van der Waals surface area contributed by atoms with Crippen LogP contribution in [0.25, 0.3) is 0 Å². The Morgan fingerprint density at radius 3 is 2.15 bits per heavy atom. The van der Waals surface area contributed by atoms with Crippen molar-refractivity contribution < 1.29 is 31.6 Å². The average Bonchev–Trinajstić information content (AvgIpc) is 2.34. The molecule has 10 heteroatoms. The molecule has 0 atom stereocenters. The maximum absolute atomic E-state index is 11.9. The van der Waals surface area contributed by atoms with E-state index in [1.807, 2.05) is 4.72 Å². The van der Waals surface area contributed by atoms with Gasteiger partial charge in [-0.05, 0) is 11.0 Å². The van der Waals surface area contributed by atoms with Gasteiger partial charge >= 0.3 is 13.3 Å². The molecular formula is C10H13BF3NO4S. The van der Waals surface area contributed by atoms with Crippen molar-refractivity contribution in [3.8, 4) is 0 Å². The molecule has 1 aromatic rings. The summed E-state index contributed by atoms with van der Waals surface area (Å²) in [6.45, 7) is -0.165. The van der Waals surface area contributed by atoms with Crippen LogP contribution in [0.15, 0.2) is 24.3 Å². The molecule has 0 radical (unpaired) electrons. The molecule has 3 N–H and O–H groups in total. The van der Waals surface area contributed by atoms with E-state index >= 15 is 0 Å². The number of rotatable bonds is 6. The molecule has 0 aliphatic heterocycles. The summed E-state index contributed by atoms with van der Waals surface area (Å²) >= 11 is 0. The van der Waals surface area contributed by atoms with Gasteiger partial charge in [-0.15, -0.1) is 0 Å². The van der Waals surface area contributed by atoms with Gasteiger partial charge < -0.3 is 10.0 Å². The van der Waals surface area contributed by atoms with Crippen LogP contribution in [0.4, 0.5) is 13.2 Å². The third kappa shape index (κ3) is 6.37. The van der Waals surface area contributed by atoms with Crippen molar-refractivity contribution in [2.24, 2.45) is 0 Å². The Kier molecular flexibility index (Phi) is 5.57. The third-order valence-corrected chi connectivity index (χ3v) is 3.75. The molecular weight excluding hydrogens is 298 g/mol. The highest BCUT2D eigenvalue weighted by molar-refractivity contribution is 7.89. The van der Waals surface area contributed by atoms with E-state index in [2.05, 4.69) is 0 Å². The third-order valence-electron chi connectivity index (χ3n) is 2.43. The van der Waals surface area contributed by atoms with E-state index in [4.69, 9.17) is 10.0 Å². The van der Waals surface area contributed by atoms with Gasteiger partial charge in [-0.3, -0.25) is 0 Å². The monoisotopic (exact) mass is 311 g/mol. The van der Waals surface area contributed by atoms with Crippen molar-refractivity contribution in [2.75, 3.05) is 5.75 Å². The molecule has 0 amide bonds. The molecule has 0 aromatic heterocycles. The number of hydrogen-bond donors (Lipinski definition) is 3. The highest BCUT2D eigenvalue weighted by atomic mass is 32.2. The van der Waals surface area contributed by atoms with Crippen LogP contribution in [0.1, 0.15) is 12.0 Å². The number of alkyl halides is 3. The molecule has 0 saturated heterocycles. The van der Waals surface area contributed by atoms with Gasteiger partial charge in [-0.25, -0.2) is 13.1 Å². The van der Waals surface area contributed by atoms with Crippen LogP contribution < -0.4 is 10.2 Å². The number of benzene rings is 1. The smallest absolute Gasteiger partial charge is 0.423 e. The standard InChI is InChI=1S/C10H13BF3NO4S/c12-10(13,14)5-6-20(18,19)15-7-8-1-3-9(4-2-8)11(16)17/h1-4,15-17H,5-7H2. The van der Waals surface area contributed by atoms with Gasteiger partial charge in [-0.2, -0.15) is 13.2 Å². The topological polar surface area (TPSA) is 86.6 Å². The number of nitrogens with one attached hydrogen (secondary N) is 1. The Labute approximate surface area is 114 Å². The minimum Gasteiger partial charge on any atom is -0.423 e. The van der Waals surface area contributed by atoms with E-state index in [9.17, 15) is 21.6 Å². The number of halogens is 3. The van der Waals surface area contributed by atoms with Gasteiger partial charge in [0, 0.05) is 6.54 Å². The fourth-order valence-corrected chi connectivity index (χ4v) is 2.35. The summed E-state index contributed by atoms with van der Waals surface area (Å²) in [6.07, 6.45) is -5.92. The zero-order valence-corrected chi connectivity index (χ0v) is 11.1. The Hall–Kier alpha value is -1.10. The van der Waals surface area contributed by atoms with Gasteiger partial charge in [0.05, 0.1) is 12.2 Å². The van der Waals surface area contributed by atoms with Crippen molar-refractivity contribution >= 4 is 22.6 Å². The molecule has 0 aliphatic rings. The molecule has 5 nitrogen and oxygen atoms in total. The van der Waals surface area contributed by atoms with Crippen LogP contribution in [0.5, 0.6) is 0 Å². The fourth-order valence-electron chi connectivity index (χ4n) is 1.32. The molecule has 1 aromatic carbocycles. The van der Waals surface area contributed by atoms with Crippen LogP contribution in [-0.2, 0) is 16.6 Å². The number of sulfonamides is 1. The molecule has 0 bridgehead atoms. The van der Waals surface area contributed by atoms with Crippen molar-refractivity contribution in [3.63, 3.8) is 0 Å². The van der Waals surface area contributed by atoms with Gasteiger partial charge in [0.15, 0.2) is 0 Å². The Bertz CT molecular complexity index is 530. The molecule has 0 saturated carbocycles. The van der Waals surface area contributed by atoms with Gasteiger partial charge in [0.25, 0.3) is 0 Å². The lowest BCUT2D eigenvalue weighted by molar-refractivity contribution is -0.129. The molecule has 0 unspecified atom stereocenters. The molecule has 1 rings (SSSR count). The highest BCUT2D eigenvalue weighted by Gasteiger charge is 2.29. The van der Waals surface area contributed by atoms with E-state index in [1.165, 1.54) is 24.3 Å². The summed E-state index contributed by atoms with van der Waals surface area (Å²) in [5.74, 6) is -1.02. The molecule has 112 valence electrons. The summed E-state index contributed by atoms with van der Waals surface area (Å²) in [4.78, 5) is 0. The van der Waals surface area contributed by atoms with E-state index < -0.39 is 35.5 Å². The molecule has 0 spiro atoms. The Morgan fingerprint density at radius 2 is 1.70 bits per heavy atom. The van der Waals surface area contributed by atoms with Crippen LogP contribution in [-0.4, -0.2) is 37.5 Å². The van der Waals surface area contributed by atoms with Gasteiger partial charge in [0.2, 0.25) is 10.0 Å². The van der Waals surface area contributed by atoms with Crippen LogP contribution >= 0.6 is 0 Å². The minimum absolute atomic E-state index is 0.165. The van der Waals surface area contributed by atoms with Crippen LogP contribution in [0.2, 0.25) is 0 Å². The first-order chi connectivity index (χ1) is 9.09. The second-order valence-corrected chi connectivity index (χ2v) is 6.05. The Morgan fingerprint density at radius 1 is 1.15 bits per heavy atom. The summed E-state index contributed by atoms with van der Waals surface area (Å²) in [7, 11) is -5.64. The molecule has 0 aliphatic carbocycles. The van der Waals surface area contributed by atoms with E-state index in [0.717, 1.165) is 0 Å². The predicted molar refractivity (Wildman–Crippen MR) is 67.6 cm³/mol. The van der Waals surface area contributed by atoms with Gasteiger partial charge in [-0.1, -0.05) is 24.3 Å². The lowest BCUT2D eigenvalue weighted by Gasteiger charge is -2.09. The van der Waals surface area contributed by atoms with Gasteiger partial charge in [0.1, 0.15) is 0 Å². The van der Waals surface area contributed by atoms with Crippen molar-refractivity contribution in [2.45, 2.75) is 19.1 Å². The zero-order valence-electron chi connectivity index (χ0n) is 10.3. The summed E-state index contributed by atoms with van der Waals surface area (Å²) < 4.78 is 60.5. The maximum Gasteiger partial charge on any atom is 0.488 e. The molecule has 0 fully saturated rings. The largest absolute Gasteiger partial charge is 0.488 e. The van der Waals surface area contributed by atoms with Crippen molar-refractivity contribution in [3.05, 3.63) is 29.8 Å². The maximum atomic E-state index is 11.9. The summed E-state index contributed by atoms with van der Waals surface area (Å²) in [6, 6.07) is 5.65. The molecule has 20 heavy (non-hydrogen) atoms.